The van der Waals surface area contributed by atoms with Crippen molar-refractivity contribution in [2.24, 2.45) is 0 Å². The van der Waals surface area contributed by atoms with Crippen LogP contribution in [-0.4, -0.2) is 46.1 Å². The summed E-state index contributed by atoms with van der Waals surface area (Å²) in [6, 6.07) is 0. The number of aliphatic hydroxyl groups excluding tert-OH is 2. The lowest BCUT2D eigenvalue weighted by Gasteiger charge is -2.33. The molecule has 1 rings (SSSR count). The molecule has 0 amide bonds. The van der Waals surface area contributed by atoms with E-state index in [4.69, 9.17) is 9.63 Å². The van der Waals surface area contributed by atoms with Crippen LogP contribution in [0.2, 0.25) is 0 Å². The van der Waals surface area contributed by atoms with Gasteiger partial charge in [-0.2, -0.15) is 0 Å². The highest BCUT2D eigenvalue weighted by Crippen LogP contribution is 2.61. The third kappa shape index (κ3) is 6.42. The summed E-state index contributed by atoms with van der Waals surface area (Å²) in [7, 11) is -17.4. The molecular weight excluding hydrogens is 373 g/mol. The normalized spacial score (nSPS) is 37.2. The second-order valence-electron chi connectivity index (χ2n) is 4.18. The Bertz CT molecular complexity index is 528. The van der Waals surface area contributed by atoms with Gasteiger partial charge in [-0.15, -0.1) is 0 Å². The third-order valence-electron chi connectivity index (χ3n) is 2.40. The van der Waals surface area contributed by atoms with Crippen molar-refractivity contribution in [2.75, 3.05) is 6.61 Å². The fourth-order valence-electron chi connectivity index (χ4n) is 1.52. The Morgan fingerprint density at radius 2 is 1.59 bits per heavy atom. The molecule has 1 aliphatic heterocycles. The van der Waals surface area contributed by atoms with Crippen molar-refractivity contribution in [1.29, 1.82) is 0 Å². The zero-order chi connectivity index (χ0) is 17.3. The van der Waals surface area contributed by atoms with E-state index in [0.717, 1.165) is 0 Å². The van der Waals surface area contributed by atoms with Crippen molar-refractivity contribution in [3.63, 3.8) is 0 Å². The summed E-state index contributed by atoms with van der Waals surface area (Å²) in [5.74, 6) is 0. The Morgan fingerprint density at radius 3 is 2.00 bits per heavy atom. The average molecular weight is 385 g/mol. The molecule has 0 aromatic rings. The van der Waals surface area contributed by atoms with Crippen LogP contribution in [0.25, 0.3) is 0 Å². The van der Waals surface area contributed by atoms with E-state index in [1.54, 1.807) is 0 Å². The van der Waals surface area contributed by atoms with Gasteiger partial charge in [0.1, 0.15) is 18.3 Å². The predicted octanol–water partition coefficient (Wildman–Crippen LogP) is -3.06. The van der Waals surface area contributed by atoms with Crippen molar-refractivity contribution in [1.82, 2.24) is 0 Å². The lowest BCUT2D eigenvalue weighted by molar-refractivity contribution is -0.250. The van der Waals surface area contributed by atoms with Gasteiger partial charge in [0.15, 0.2) is 0 Å². The summed E-state index contributed by atoms with van der Waals surface area (Å²) in [5, 5.41) is 18.8. The molecule has 132 valence electrons. The molecule has 1 fully saturated rings. The number of rotatable bonds is 7. The van der Waals surface area contributed by atoms with Crippen LogP contribution in [0.4, 0.5) is 0 Å². The Hall–Kier alpha value is 0.290. The number of hydrogen-bond donors (Lipinski definition) is 3. The molecule has 1 aliphatic rings. The van der Waals surface area contributed by atoms with Crippen LogP contribution in [0.5, 0.6) is 0 Å². The summed E-state index contributed by atoms with van der Waals surface area (Å²) in [5.41, 5.74) is 0. The van der Waals surface area contributed by atoms with Gasteiger partial charge in [-0.3, -0.25) is 13.7 Å². The first-order valence-corrected chi connectivity index (χ1v) is 9.89. The van der Waals surface area contributed by atoms with Crippen molar-refractivity contribution in [2.45, 2.75) is 31.3 Å². The summed E-state index contributed by atoms with van der Waals surface area (Å²) in [6.07, 6.45) is -4.93. The Morgan fingerprint density at radius 1 is 1.05 bits per heavy atom. The molecule has 1 saturated heterocycles. The van der Waals surface area contributed by atoms with E-state index in [9.17, 15) is 38.6 Å². The van der Waals surface area contributed by atoms with Crippen LogP contribution in [-0.2, 0) is 31.6 Å². The standard InChI is InChI=1S/C6H15O13P3/c1-3-5(7)6(8)4(17-3)2-16-21(12,13)19-22(14,15)18-20(9,10)11/h3-8H,2H2,1H3,(H,12,13)(H,14,15)(H2,9,10,11)/p-3. The van der Waals surface area contributed by atoms with Crippen LogP contribution in [0, 0.1) is 0 Å². The smallest absolute Gasteiger partial charge is 0.280 e. The second kappa shape index (κ2) is 7.04. The minimum atomic E-state index is -5.97. The molecule has 0 spiro atoms. The molecule has 0 radical (unpaired) electrons. The SMILES string of the molecule is CC1OC(COP(=O)([O-])OP(=O)([O-])OP(=O)([O-])O)C(O)C1O. The van der Waals surface area contributed by atoms with Gasteiger partial charge in [0, 0.05) is 0 Å². The van der Waals surface area contributed by atoms with Crippen LogP contribution in [0.15, 0.2) is 0 Å². The van der Waals surface area contributed by atoms with Crippen LogP contribution in [0.3, 0.4) is 0 Å². The molecule has 0 bridgehead atoms. The summed E-state index contributed by atoms with van der Waals surface area (Å²) < 4.78 is 47.8. The molecule has 13 nitrogen and oxygen atoms in total. The van der Waals surface area contributed by atoms with E-state index in [0.29, 0.717) is 0 Å². The quantitative estimate of drug-likeness (QED) is 0.371. The monoisotopic (exact) mass is 385 g/mol. The summed E-state index contributed by atoms with van der Waals surface area (Å²) >= 11 is 0. The molecule has 3 N–H and O–H groups in total. The minimum absolute atomic E-state index is 0.828. The Labute approximate surface area is 123 Å². The highest BCUT2D eigenvalue weighted by molar-refractivity contribution is 7.65. The predicted molar refractivity (Wildman–Crippen MR) is 59.5 cm³/mol. The number of aliphatic hydroxyl groups is 2. The van der Waals surface area contributed by atoms with E-state index in [-0.39, 0.29) is 0 Å². The first kappa shape index (κ1) is 20.3. The Balaban J connectivity index is 2.60. The fraction of sp³-hybridized carbons (Fsp3) is 1.00. The van der Waals surface area contributed by atoms with Gasteiger partial charge in [0.05, 0.1) is 12.7 Å². The molecule has 16 heteroatoms. The number of phosphoric ester groups is 1. The molecule has 1 heterocycles. The maximum atomic E-state index is 11.2. The van der Waals surface area contributed by atoms with E-state index in [2.05, 4.69) is 13.1 Å². The molecule has 0 aromatic carbocycles. The van der Waals surface area contributed by atoms with Crippen molar-refractivity contribution < 1.29 is 61.4 Å². The number of phosphoric acid groups is 3. The number of ether oxygens (including phenoxy) is 1. The van der Waals surface area contributed by atoms with Gasteiger partial charge >= 0.3 is 0 Å². The van der Waals surface area contributed by atoms with Gasteiger partial charge in [-0.05, 0) is 6.92 Å². The highest BCUT2D eigenvalue weighted by Gasteiger charge is 2.41. The molecular formula is C6H12O13P3-3. The van der Waals surface area contributed by atoms with Crippen molar-refractivity contribution in [3.05, 3.63) is 0 Å². The maximum Gasteiger partial charge on any atom is 0.280 e. The van der Waals surface area contributed by atoms with Crippen LogP contribution < -0.4 is 14.7 Å². The van der Waals surface area contributed by atoms with E-state index in [1.165, 1.54) is 6.92 Å². The molecule has 0 saturated carbocycles. The second-order valence-corrected chi connectivity index (χ2v) is 8.47. The molecule has 22 heavy (non-hydrogen) atoms. The van der Waals surface area contributed by atoms with Crippen molar-refractivity contribution >= 4 is 23.5 Å². The third-order valence-corrected chi connectivity index (χ3v) is 6.09. The topological polar surface area (TPSA) is 218 Å². The zero-order valence-corrected chi connectivity index (χ0v) is 13.5. The first-order valence-electron chi connectivity index (χ1n) is 5.47. The van der Waals surface area contributed by atoms with E-state index < -0.39 is 54.5 Å². The van der Waals surface area contributed by atoms with Crippen molar-refractivity contribution in [3.8, 4) is 0 Å². The Kier molecular flexibility index (Phi) is 6.51. The van der Waals surface area contributed by atoms with Gasteiger partial charge in [0.2, 0.25) is 0 Å². The lowest BCUT2D eigenvalue weighted by Crippen LogP contribution is -2.34. The fourth-order valence-corrected chi connectivity index (χ4v) is 4.42. The lowest BCUT2D eigenvalue weighted by atomic mass is 10.1. The van der Waals surface area contributed by atoms with Crippen LogP contribution >= 0.6 is 23.5 Å². The van der Waals surface area contributed by atoms with E-state index >= 15 is 0 Å². The number of hydrogen-bond acceptors (Lipinski definition) is 12. The van der Waals surface area contributed by atoms with Gasteiger partial charge in [0.25, 0.3) is 23.5 Å². The largest absolute Gasteiger partial charge is 0.756 e. The van der Waals surface area contributed by atoms with Gasteiger partial charge in [-0.25, -0.2) is 8.62 Å². The van der Waals surface area contributed by atoms with Crippen LogP contribution in [0.1, 0.15) is 6.92 Å². The highest BCUT2D eigenvalue weighted by atomic mass is 31.3. The molecule has 7 unspecified atom stereocenters. The molecule has 0 aromatic heterocycles. The molecule has 7 atom stereocenters. The molecule has 0 aliphatic carbocycles. The van der Waals surface area contributed by atoms with Gasteiger partial charge < -0.3 is 39.0 Å². The minimum Gasteiger partial charge on any atom is -0.756 e. The van der Waals surface area contributed by atoms with E-state index in [1.807, 2.05) is 0 Å². The maximum absolute atomic E-state index is 11.2. The average Bonchev–Trinajstić information content (AvgIpc) is 2.49. The first-order chi connectivity index (χ1) is 9.72. The summed E-state index contributed by atoms with van der Waals surface area (Å²) in [4.78, 5) is 40.5. The van der Waals surface area contributed by atoms with Gasteiger partial charge in [-0.1, -0.05) is 0 Å². The summed E-state index contributed by atoms with van der Waals surface area (Å²) in [6.45, 7) is 0.464. The zero-order valence-electron chi connectivity index (χ0n) is 10.8.